The van der Waals surface area contributed by atoms with Crippen LogP contribution in [0.5, 0.6) is 0 Å². The zero-order valence-electron chi connectivity index (χ0n) is 8.33. The highest BCUT2D eigenvalue weighted by Crippen LogP contribution is 2.04. The van der Waals surface area contributed by atoms with Crippen molar-refractivity contribution in [2.75, 3.05) is 6.61 Å². The lowest BCUT2D eigenvalue weighted by Crippen LogP contribution is -2.13. The van der Waals surface area contributed by atoms with Crippen LogP contribution in [0.2, 0.25) is 0 Å². The predicted octanol–water partition coefficient (Wildman–Crippen LogP) is 1.96. The lowest BCUT2D eigenvalue weighted by Gasteiger charge is -2.02. The maximum Gasteiger partial charge on any atom is 0.338 e. The molecule has 0 spiro atoms. The molecule has 1 rings (SSSR count). The number of halogens is 1. The summed E-state index contributed by atoms with van der Waals surface area (Å²) in [4.78, 5) is 22.1. The van der Waals surface area contributed by atoms with Crippen LogP contribution in [0.1, 0.15) is 23.7 Å². The minimum absolute atomic E-state index is 0.148. The first kappa shape index (κ1) is 11.4. The van der Waals surface area contributed by atoms with Gasteiger partial charge < -0.3 is 4.74 Å². The summed E-state index contributed by atoms with van der Waals surface area (Å²) in [6, 6.07) is 4.96. The molecule has 15 heavy (non-hydrogen) atoms. The van der Waals surface area contributed by atoms with E-state index in [9.17, 15) is 14.0 Å². The van der Waals surface area contributed by atoms with Crippen molar-refractivity contribution in [3.05, 3.63) is 35.6 Å². The maximum absolute atomic E-state index is 12.5. The van der Waals surface area contributed by atoms with E-state index >= 15 is 0 Å². The van der Waals surface area contributed by atoms with Crippen LogP contribution in [0.3, 0.4) is 0 Å². The Labute approximate surface area is 86.9 Å². The molecule has 4 heteroatoms. The highest BCUT2D eigenvalue weighted by atomic mass is 19.1. The summed E-state index contributed by atoms with van der Waals surface area (Å²) in [5.41, 5.74) is 0.236. The van der Waals surface area contributed by atoms with Gasteiger partial charge in [-0.15, -0.1) is 0 Å². The van der Waals surface area contributed by atoms with E-state index in [0.29, 0.717) is 6.42 Å². The maximum atomic E-state index is 12.5. The Morgan fingerprint density at radius 1 is 1.27 bits per heavy atom. The molecule has 0 aliphatic heterocycles. The van der Waals surface area contributed by atoms with Gasteiger partial charge in [0, 0.05) is 6.42 Å². The van der Waals surface area contributed by atoms with Gasteiger partial charge in [0.25, 0.3) is 0 Å². The van der Waals surface area contributed by atoms with Gasteiger partial charge >= 0.3 is 5.97 Å². The number of ketones is 1. The minimum Gasteiger partial charge on any atom is -0.454 e. The summed E-state index contributed by atoms with van der Waals surface area (Å²) < 4.78 is 17.2. The number of hydrogen-bond donors (Lipinski definition) is 0. The molecule has 0 unspecified atom stereocenters. The van der Waals surface area contributed by atoms with Crippen molar-refractivity contribution < 1.29 is 18.7 Å². The molecule has 0 saturated carbocycles. The molecule has 0 aliphatic carbocycles. The topological polar surface area (TPSA) is 43.4 Å². The number of hydrogen-bond acceptors (Lipinski definition) is 3. The van der Waals surface area contributed by atoms with E-state index in [4.69, 9.17) is 4.74 Å². The summed E-state index contributed by atoms with van der Waals surface area (Å²) in [5.74, 6) is -1.18. The second-order valence-electron chi connectivity index (χ2n) is 2.98. The number of rotatable bonds is 4. The summed E-state index contributed by atoms with van der Waals surface area (Å²) in [7, 11) is 0. The molecule has 0 N–H and O–H groups in total. The average Bonchev–Trinajstić information content (AvgIpc) is 2.26. The Morgan fingerprint density at radius 2 is 1.87 bits per heavy atom. The Morgan fingerprint density at radius 3 is 2.40 bits per heavy atom. The normalized spacial score (nSPS) is 9.73. The quantitative estimate of drug-likeness (QED) is 0.713. The van der Waals surface area contributed by atoms with Crippen molar-refractivity contribution in [3.63, 3.8) is 0 Å². The monoisotopic (exact) mass is 210 g/mol. The van der Waals surface area contributed by atoms with Gasteiger partial charge in [-0.1, -0.05) is 6.92 Å². The first-order chi connectivity index (χ1) is 7.13. The fourth-order valence-electron chi connectivity index (χ4n) is 0.917. The minimum atomic E-state index is -0.614. The van der Waals surface area contributed by atoms with Crippen LogP contribution >= 0.6 is 0 Å². The smallest absolute Gasteiger partial charge is 0.338 e. The fourth-order valence-corrected chi connectivity index (χ4v) is 0.917. The molecule has 0 bridgehead atoms. The van der Waals surface area contributed by atoms with Gasteiger partial charge in [-0.2, -0.15) is 0 Å². The first-order valence-corrected chi connectivity index (χ1v) is 4.58. The molecule has 0 saturated heterocycles. The van der Waals surface area contributed by atoms with Crippen molar-refractivity contribution in [2.45, 2.75) is 13.3 Å². The van der Waals surface area contributed by atoms with Gasteiger partial charge in [-0.25, -0.2) is 9.18 Å². The molecule has 1 aromatic carbocycles. The largest absolute Gasteiger partial charge is 0.454 e. The van der Waals surface area contributed by atoms with E-state index in [1.165, 1.54) is 12.1 Å². The summed E-state index contributed by atoms with van der Waals surface area (Å²) in [5, 5.41) is 0. The zero-order valence-corrected chi connectivity index (χ0v) is 8.33. The van der Waals surface area contributed by atoms with E-state index in [-0.39, 0.29) is 18.0 Å². The number of Topliss-reactive ketones (excluding diaryl/α,β-unsaturated/α-hetero) is 1. The van der Waals surface area contributed by atoms with E-state index in [1.807, 2.05) is 0 Å². The predicted molar refractivity (Wildman–Crippen MR) is 52.0 cm³/mol. The van der Waals surface area contributed by atoms with Crippen molar-refractivity contribution in [3.8, 4) is 0 Å². The lowest BCUT2D eigenvalue weighted by atomic mass is 10.2. The Bertz CT molecular complexity index is 357. The van der Waals surface area contributed by atoms with Crippen LogP contribution < -0.4 is 0 Å². The van der Waals surface area contributed by atoms with Crippen LogP contribution in [-0.2, 0) is 9.53 Å². The van der Waals surface area contributed by atoms with Gasteiger partial charge in [-0.3, -0.25) is 4.79 Å². The number of esters is 1. The van der Waals surface area contributed by atoms with Crippen molar-refractivity contribution in [2.24, 2.45) is 0 Å². The molecular formula is C11H11FO3. The molecule has 0 radical (unpaired) electrons. The lowest BCUT2D eigenvalue weighted by molar-refractivity contribution is -0.121. The second-order valence-corrected chi connectivity index (χ2v) is 2.98. The fraction of sp³-hybridized carbons (Fsp3) is 0.273. The molecule has 0 aliphatic rings. The molecule has 0 heterocycles. The van der Waals surface area contributed by atoms with E-state index in [1.54, 1.807) is 6.92 Å². The standard InChI is InChI=1S/C11H11FO3/c1-2-10(13)7-15-11(14)8-3-5-9(12)6-4-8/h3-6H,2,7H2,1H3. The van der Waals surface area contributed by atoms with Crippen LogP contribution in [0.15, 0.2) is 24.3 Å². The zero-order chi connectivity index (χ0) is 11.3. The van der Waals surface area contributed by atoms with E-state index in [0.717, 1.165) is 12.1 Å². The van der Waals surface area contributed by atoms with Crippen LogP contribution in [0.4, 0.5) is 4.39 Å². The third kappa shape index (κ3) is 3.50. The Kier molecular flexibility index (Phi) is 3.97. The highest BCUT2D eigenvalue weighted by Gasteiger charge is 2.08. The van der Waals surface area contributed by atoms with Gasteiger partial charge in [0.2, 0.25) is 0 Å². The first-order valence-electron chi connectivity index (χ1n) is 4.58. The Hall–Kier alpha value is -1.71. The molecule has 0 fully saturated rings. The number of carbonyl (C=O) groups is 2. The van der Waals surface area contributed by atoms with Gasteiger partial charge in [0.1, 0.15) is 12.4 Å². The number of carbonyl (C=O) groups excluding carboxylic acids is 2. The third-order valence-electron chi connectivity index (χ3n) is 1.84. The molecule has 0 amide bonds. The molecule has 1 aromatic rings. The molecular weight excluding hydrogens is 199 g/mol. The average molecular weight is 210 g/mol. The summed E-state index contributed by atoms with van der Waals surface area (Å²) in [6.45, 7) is 1.46. The summed E-state index contributed by atoms with van der Waals surface area (Å²) >= 11 is 0. The van der Waals surface area contributed by atoms with Crippen molar-refractivity contribution in [1.82, 2.24) is 0 Å². The number of benzene rings is 1. The van der Waals surface area contributed by atoms with Crippen LogP contribution in [-0.4, -0.2) is 18.4 Å². The van der Waals surface area contributed by atoms with Gasteiger partial charge in [-0.05, 0) is 24.3 Å². The van der Waals surface area contributed by atoms with E-state index in [2.05, 4.69) is 0 Å². The van der Waals surface area contributed by atoms with Crippen molar-refractivity contribution in [1.29, 1.82) is 0 Å². The van der Waals surface area contributed by atoms with E-state index < -0.39 is 11.8 Å². The Balaban J connectivity index is 2.54. The molecule has 0 aromatic heterocycles. The third-order valence-corrected chi connectivity index (χ3v) is 1.84. The van der Waals surface area contributed by atoms with Gasteiger partial charge in [0.05, 0.1) is 5.56 Å². The molecule has 3 nitrogen and oxygen atoms in total. The molecule has 80 valence electrons. The van der Waals surface area contributed by atoms with Crippen LogP contribution in [0, 0.1) is 5.82 Å². The highest BCUT2D eigenvalue weighted by molar-refractivity contribution is 5.91. The van der Waals surface area contributed by atoms with Crippen molar-refractivity contribution >= 4 is 11.8 Å². The summed E-state index contributed by atoms with van der Waals surface area (Å²) in [6.07, 6.45) is 0.330. The molecule has 0 atom stereocenters. The number of ether oxygens (including phenoxy) is 1. The SMILES string of the molecule is CCC(=O)COC(=O)c1ccc(F)cc1. The van der Waals surface area contributed by atoms with Gasteiger partial charge in [0.15, 0.2) is 5.78 Å². The van der Waals surface area contributed by atoms with Crippen LogP contribution in [0.25, 0.3) is 0 Å². The second kappa shape index (κ2) is 5.24.